The highest BCUT2D eigenvalue weighted by atomic mass is 16.2. The number of hydrogen-bond donors (Lipinski definition) is 3. The fraction of sp³-hybridized carbons (Fsp3) is 0.256. The van der Waals surface area contributed by atoms with E-state index in [-0.39, 0.29) is 35.7 Å². The van der Waals surface area contributed by atoms with Crippen molar-refractivity contribution in [3.8, 4) is 0 Å². The summed E-state index contributed by atoms with van der Waals surface area (Å²) in [5.41, 5.74) is 11.2. The van der Waals surface area contributed by atoms with E-state index in [4.69, 9.17) is 10.7 Å². The van der Waals surface area contributed by atoms with Gasteiger partial charge in [0.15, 0.2) is 17.6 Å². The van der Waals surface area contributed by atoms with Crippen LogP contribution in [0.15, 0.2) is 103 Å². The maximum Gasteiger partial charge on any atom is 0.252 e. The largest absolute Gasteiger partial charge is 0.368 e. The number of rotatable bonds is 9. The van der Waals surface area contributed by atoms with Crippen molar-refractivity contribution in [3.63, 3.8) is 0 Å². The second kappa shape index (κ2) is 13.3. The summed E-state index contributed by atoms with van der Waals surface area (Å²) in [5.74, 6) is -0.609. The average Bonchev–Trinajstić information content (AvgIpc) is 3.42. The molecule has 48 heavy (non-hydrogen) atoms. The first-order valence-corrected chi connectivity index (χ1v) is 16.5. The van der Waals surface area contributed by atoms with Crippen LogP contribution in [0, 0.1) is 5.92 Å². The number of Topliss-reactive ketones (excluding diaryl/α,β-unsaturated/α-hetero) is 2. The number of para-hydroxylation sites is 3. The van der Waals surface area contributed by atoms with Crippen molar-refractivity contribution in [2.24, 2.45) is 11.7 Å². The minimum absolute atomic E-state index is 0.100. The van der Waals surface area contributed by atoms with Crippen LogP contribution in [-0.4, -0.2) is 39.0 Å². The maximum atomic E-state index is 13.5. The molecule has 1 fully saturated rings. The van der Waals surface area contributed by atoms with Crippen molar-refractivity contribution in [1.82, 2.24) is 14.9 Å². The zero-order chi connectivity index (χ0) is 33.2. The molecule has 242 valence electrons. The molecule has 4 N–H and O–H groups in total. The number of ketones is 2. The molecular weight excluding hydrogens is 602 g/mol. The summed E-state index contributed by atoms with van der Waals surface area (Å²) in [6.07, 6.45) is 3.03. The number of nitrogens with one attached hydrogen (secondary N) is 2. The van der Waals surface area contributed by atoms with Gasteiger partial charge in [0.25, 0.3) is 5.91 Å². The summed E-state index contributed by atoms with van der Waals surface area (Å²) in [7, 11) is 0. The predicted octanol–water partition coefficient (Wildman–Crippen LogP) is 5.95. The zero-order valence-electron chi connectivity index (χ0n) is 26.5. The second-order valence-corrected chi connectivity index (χ2v) is 12.7. The third-order valence-electron chi connectivity index (χ3n) is 9.77. The molecule has 1 unspecified atom stereocenters. The summed E-state index contributed by atoms with van der Waals surface area (Å²) in [4.78, 5) is 57.4. The van der Waals surface area contributed by atoms with Crippen LogP contribution in [0.1, 0.15) is 81.7 Å². The second-order valence-electron chi connectivity index (χ2n) is 12.7. The van der Waals surface area contributed by atoms with E-state index < -0.39 is 18.0 Å². The van der Waals surface area contributed by atoms with Crippen molar-refractivity contribution in [2.45, 2.75) is 56.7 Å². The topological polar surface area (TPSA) is 136 Å². The van der Waals surface area contributed by atoms with Crippen LogP contribution in [0.5, 0.6) is 0 Å². The Morgan fingerprint density at radius 2 is 1.50 bits per heavy atom. The molecule has 4 aromatic carbocycles. The Bertz CT molecular complexity index is 1970. The van der Waals surface area contributed by atoms with E-state index in [1.54, 1.807) is 24.3 Å². The van der Waals surface area contributed by atoms with E-state index in [9.17, 15) is 19.2 Å². The summed E-state index contributed by atoms with van der Waals surface area (Å²) in [6, 6.07) is 30.6. The lowest BCUT2D eigenvalue weighted by molar-refractivity contribution is -0.130. The Kier molecular flexibility index (Phi) is 8.59. The Hall–Kier alpha value is -5.57. The number of nitrogens with zero attached hydrogens (tertiary/aromatic N) is 2. The van der Waals surface area contributed by atoms with Gasteiger partial charge in [-0.2, -0.15) is 0 Å². The van der Waals surface area contributed by atoms with Crippen molar-refractivity contribution < 1.29 is 19.2 Å². The molecule has 0 spiro atoms. The van der Waals surface area contributed by atoms with Gasteiger partial charge in [0.05, 0.1) is 22.6 Å². The molecular formula is C39H37N5O4. The molecule has 2 amide bonds. The van der Waals surface area contributed by atoms with Crippen LogP contribution in [0.25, 0.3) is 11.0 Å². The van der Waals surface area contributed by atoms with Crippen molar-refractivity contribution in [3.05, 3.63) is 131 Å². The van der Waals surface area contributed by atoms with Gasteiger partial charge in [0.1, 0.15) is 5.82 Å². The molecule has 1 saturated carbocycles. The molecule has 0 saturated heterocycles. The highest BCUT2D eigenvalue weighted by molar-refractivity contribution is 6.10. The molecule has 0 bridgehead atoms. The summed E-state index contributed by atoms with van der Waals surface area (Å²) in [5, 5.41) is 6.12. The van der Waals surface area contributed by atoms with Crippen LogP contribution >= 0.6 is 0 Å². The monoisotopic (exact) mass is 639 g/mol. The first-order valence-electron chi connectivity index (χ1n) is 16.5. The third-order valence-corrected chi connectivity index (χ3v) is 9.77. The number of imidazole rings is 1. The SMILES string of the molecule is NC(=O)[C@@H](Nc1ccccc1)C(=O)C1CCC(c2ccccc2Cn2c(C3CC(=O)c4ccccc4C(=O)N3)nc3ccccc32)CC1. The zero-order valence-corrected chi connectivity index (χ0v) is 26.5. The number of carbonyl (C=O) groups is 4. The van der Waals surface area contributed by atoms with Crippen LogP contribution in [-0.2, 0) is 16.1 Å². The number of benzene rings is 4. The molecule has 2 aliphatic rings. The quantitative estimate of drug-likeness (QED) is 0.171. The van der Waals surface area contributed by atoms with Gasteiger partial charge in [-0.25, -0.2) is 4.98 Å². The highest BCUT2D eigenvalue weighted by Gasteiger charge is 2.35. The molecule has 9 heteroatoms. The number of amides is 2. The molecule has 1 aromatic heterocycles. The number of primary amides is 1. The van der Waals surface area contributed by atoms with Gasteiger partial charge in [-0.05, 0) is 73.1 Å². The van der Waals surface area contributed by atoms with E-state index in [1.807, 2.05) is 66.7 Å². The maximum absolute atomic E-state index is 13.5. The van der Waals surface area contributed by atoms with Crippen molar-refractivity contribution in [2.75, 3.05) is 5.32 Å². The van der Waals surface area contributed by atoms with E-state index in [0.717, 1.165) is 29.4 Å². The Balaban J connectivity index is 1.13. The number of nitrogens with two attached hydrogens (primary N) is 1. The Labute approximate surface area is 278 Å². The first-order chi connectivity index (χ1) is 23.4. The van der Waals surface area contributed by atoms with Crippen LogP contribution in [0.3, 0.4) is 0 Å². The molecule has 0 radical (unpaired) electrons. The molecule has 7 rings (SSSR count). The molecule has 1 aliphatic heterocycles. The molecule has 1 aliphatic carbocycles. The summed E-state index contributed by atoms with van der Waals surface area (Å²) >= 11 is 0. The Morgan fingerprint density at radius 3 is 2.27 bits per heavy atom. The van der Waals surface area contributed by atoms with Gasteiger partial charge < -0.3 is 20.9 Å². The number of fused-ring (bicyclic) bond motifs is 2. The molecule has 2 atom stereocenters. The number of anilines is 1. The van der Waals surface area contributed by atoms with Gasteiger partial charge in [-0.15, -0.1) is 0 Å². The standard InChI is InChI=1S/C39H37N5O4/c40-37(47)35(41-27-11-2-1-3-12-27)36(46)25-20-18-24(19-21-25)28-13-5-4-10-26(28)23-44-33-17-9-8-16-31(33)42-38(44)32-22-34(45)29-14-6-7-15-30(29)39(48)43-32/h1-17,24-25,32,35,41H,18-23H2,(H2,40,47)(H,43,48)/t24?,25?,32?,35-/m0/s1. The summed E-state index contributed by atoms with van der Waals surface area (Å²) < 4.78 is 2.12. The third kappa shape index (κ3) is 6.11. The van der Waals surface area contributed by atoms with Crippen molar-refractivity contribution in [1.29, 1.82) is 0 Å². The predicted molar refractivity (Wildman–Crippen MR) is 184 cm³/mol. The molecule has 2 heterocycles. The van der Waals surface area contributed by atoms with Crippen molar-refractivity contribution >= 4 is 40.1 Å². The lowest BCUT2D eigenvalue weighted by Crippen LogP contribution is -2.45. The van der Waals surface area contributed by atoms with Crippen LogP contribution < -0.4 is 16.4 Å². The van der Waals surface area contributed by atoms with Gasteiger partial charge in [-0.1, -0.05) is 72.8 Å². The first kappa shape index (κ1) is 31.1. The lowest BCUT2D eigenvalue weighted by Gasteiger charge is -2.31. The van der Waals surface area contributed by atoms with E-state index in [0.29, 0.717) is 42.0 Å². The van der Waals surface area contributed by atoms with E-state index in [1.165, 1.54) is 5.56 Å². The van der Waals surface area contributed by atoms with Crippen LogP contribution in [0.2, 0.25) is 0 Å². The van der Waals surface area contributed by atoms with Crippen LogP contribution in [0.4, 0.5) is 5.69 Å². The fourth-order valence-corrected chi connectivity index (χ4v) is 7.34. The smallest absolute Gasteiger partial charge is 0.252 e. The van der Waals surface area contributed by atoms with Gasteiger partial charge >= 0.3 is 0 Å². The fourth-order valence-electron chi connectivity index (χ4n) is 7.34. The minimum Gasteiger partial charge on any atom is -0.368 e. The number of hydrogen-bond acceptors (Lipinski definition) is 6. The normalized spacial score (nSPS) is 20.0. The molecule has 5 aromatic rings. The minimum atomic E-state index is -1.07. The van der Waals surface area contributed by atoms with Gasteiger partial charge in [0, 0.05) is 30.1 Å². The Morgan fingerprint density at radius 1 is 0.833 bits per heavy atom. The number of aromatic nitrogens is 2. The van der Waals surface area contributed by atoms with Gasteiger partial charge in [-0.3, -0.25) is 19.2 Å². The lowest BCUT2D eigenvalue weighted by atomic mass is 9.75. The van der Waals surface area contributed by atoms with Gasteiger partial charge in [0.2, 0.25) is 5.91 Å². The number of carbonyl (C=O) groups excluding carboxylic acids is 4. The summed E-state index contributed by atoms with van der Waals surface area (Å²) in [6.45, 7) is 0.503. The van der Waals surface area contributed by atoms with E-state index >= 15 is 0 Å². The average molecular weight is 640 g/mol. The molecule has 9 nitrogen and oxygen atoms in total. The highest BCUT2D eigenvalue weighted by Crippen LogP contribution is 2.39. The van der Waals surface area contributed by atoms with E-state index in [2.05, 4.69) is 27.3 Å².